The maximum atomic E-state index is 12.7. The van der Waals surface area contributed by atoms with E-state index in [1.807, 2.05) is 17.9 Å². The smallest absolute Gasteiger partial charge is 0.289 e. The monoisotopic (exact) mass is 349 g/mol. The van der Waals surface area contributed by atoms with Crippen molar-refractivity contribution in [3.63, 3.8) is 0 Å². The summed E-state index contributed by atoms with van der Waals surface area (Å²) in [6, 6.07) is 3.59. The topological polar surface area (TPSA) is 61.1 Å². The fraction of sp³-hybridized carbons (Fsp3) is 0.737. The molecule has 6 nitrogen and oxygen atoms in total. The second-order valence-corrected chi connectivity index (χ2v) is 7.74. The maximum absolute atomic E-state index is 12.7. The van der Waals surface area contributed by atoms with Gasteiger partial charge in [0.05, 0.1) is 19.8 Å². The van der Waals surface area contributed by atoms with Crippen LogP contribution in [0.25, 0.3) is 0 Å². The van der Waals surface area contributed by atoms with E-state index in [0.29, 0.717) is 44.0 Å². The molecule has 1 aromatic heterocycles. The molecule has 0 saturated carbocycles. The van der Waals surface area contributed by atoms with E-state index in [0.717, 1.165) is 45.0 Å². The van der Waals surface area contributed by atoms with Gasteiger partial charge in [0, 0.05) is 44.2 Å². The number of amides is 1. The molecule has 0 N–H and O–H groups in total. The first-order valence-electron chi connectivity index (χ1n) is 9.25. The van der Waals surface area contributed by atoms with E-state index in [4.69, 9.17) is 18.6 Å². The molecule has 3 saturated heterocycles. The summed E-state index contributed by atoms with van der Waals surface area (Å²) < 4.78 is 22.7. The maximum Gasteiger partial charge on any atom is 0.289 e. The highest BCUT2D eigenvalue weighted by Crippen LogP contribution is 2.42. The molecule has 1 aromatic rings. The van der Waals surface area contributed by atoms with Crippen molar-refractivity contribution >= 4 is 5.91 Å². The van der Waals surface area contributed by atoms with E-state index in [-0.39, 0.29) is 11.3 Å². The predicted octanol–water partition coefficient (Wildman–Crippen LogP) is 2.12. The third-order valence-electron chi connectivity index (χ3n) is 5.84. The lowest BCUT2D eigenvalue weighted by atomic mass is 9.82. The van der Waals surface area contributed by atoms with Crippen LogP contribution >= 0.6 is 0 Å². The second-order valence-electron chi connectivity index (χ2n) is 7.74. The number of furan rings is 1. The van der Waals surface area contributed by atoms with E-state index in [1.54, 1.807) is 6.07 Å². The summed E-state index contributed by atoms with van der Waals surface area (Å²) in [7, 11) is 0. The number of hydrogen-bond acceptors (Lipinski definition) is 5. The molecule has 25 heavy (non-hydrogen) atoms. The number of rotatable bonds is 5. The predicted molar refractivity (Wildman–Crippen MR) is 90.5 cm³/mol. The first-order valence-corrected chi connectivity index (χ1v) is 9.25. The molecule has 0 aliphatic carbocycles. The number of fused-ring (bicyclic) bond motifs is 1. The molecule has 1 amide bonds. The fourth-order valence-corrected chi connectivity index (χ4v) is 4.24. The Morgan fingerprint density at radius 2 is 2.16 bits per heavy atom. The number of hydrogen-bond donors (Lipinski definition) is 0. The number of ether oxygens (including phenoxy) is 3. The van der Waals surface area contributed by atoms with Gasteiger partial charge >= 0.3 is 0 Å². The molecule has 6 heteroatoms. The van der Waals surface area contributed by atoms with Crippen LogP contribution in [0.4, 0.5) is 0 Å². The number of carbonyl (C=O) groups excluding carboxylic acids is 1. The zero-order valence-corrected chi connectivity index (χ0v) is 14.9. The average molecular weight is 349 g/mol. The molecule has 2 atom stereocenters. The fourth-order valence-electron chi connectivity index (χ4n) is 4.24. The van der Waals surface area contributed by atoms with Gasteiger partial charge in [-0.15, -0.1) is 0 Å². The van der Waals surface area contributed by atoms with Gasteiger partial charge in [0.1, 0.15) is 5.76 Å². The van der Waals surface area contributed by atoms with E-state index in [9.17, 15) is 4.79 Å². The van der Waals surface area contributed by atoms with Crippen molar-refractivity contribution in [3.8, 4) is 0 Å². The van der Waals surface area contributed by atoms with Gasteiger partial charge in [-0.2, -0.15) is 0 Å². The Kier molecular flexibility index (Phi) is 4.84. The summed E-state index contributed by atoms with van der Waals surface area (Å²) in [4.78, 5) is 14.6. The van der Waals surface area contributed by atoms with Crippen molar-refractivity contribution in [3.05, 3.63) is 23.7 Å². The van der Waals surface area contributed by atoms with E-state index in [2.05, 4.69) is 0 Å². The highest BCUT2D eigenvalue weighted by Gasteiger charge is 2.52. The zero-order valence-electron chi connectivity index (χ0n) is 14.9. The van der Waals surface area contributed by atoms with Crippen molar-refractivity contribution in [2.45, 2.75) is 19.8 Å². The quantitative estimate of drug-likeness (QED) is 0.815. The van der Waals surface area contributed by atoms with Gasteiger partial charge in [0.15, 0.2) is 5.76 Å². The van der Waals surface area contributed by atoms with Crippen LogP contribution in [-0.4, -0.2) is 63.5 Å². The highest BCUT2D eigenvalue weighted by atomic mass is 16.5. The Hall–Kier alpha value is -1.37. The van der Waals surface area contributed by atoms with Crippen molar-refractivity contribution in [2.75, 3.05) is 52.7 Å². The Balaban J connectivity index is 1.36. The summed E-state index contributed by atoms with van der Waals surface area (Å²) in [5.41, 5.74) is -0.0670. The zero-order chi connectivity index (χ0) is 17.3. The van der Waals surface area contributed by atoms with Crippen LogP contribution < -0.4 is 0 Å². The van der Waals surface area contributed by atoms with Crippen molar-refractivity contribution in [1.29, 1.82) is 0 Å². The molecule has 4 rings (SSSR count). The first-order chi connectivity index (χ1) is 12.2. The summed E-state index contributed by atoms with van der Waals surface area (Å²) in [6.07, 6.45) is 2.16. The third kappa shape index (κ3) is 3.48. The molecular weight excluding hydrogens is 322 g/mol. The van der Waals surface area contributed by atoms with E-state index in [1.165, 1.54) is 0 Å². The largest absolute Gasteiger partial charge is 0.456 e. The van der Waals surface area contributed by atoms with Crippen molar-refractivity contribution in [2.24, 2.45) is 17.3 Å². The molecule has 3 fully saturated rings. The van der Waals surface area contributed by atoms with Gasteiger partial charge < -0.3 is 23.5 Å². The minimum Gasteiger partial charge on any atom is -0.456 e. The second kappa shape index (κ2) is 7.09. The molecule has 0 bridgehead atoms. The molecule has 4 heterocycles. The lowest BCUT2D eigenvalue weighted by Crippen LogP contribution is -2.38. The third-order valence-corrected chi connectivity index (χ3v) is 5.84. The van der Waals surface area contributed by atoms with Crippen LogP contribution in [0.3, 0.4) is 0 Å². The minimum absolute atomic E-state index is 0.0219. The molecule has 0 aromatic carbocycles. The summed E-state index contributed by atoms with van der Waals surface area (Å²) >= 11 is 0. The van der Waals surface area contributed by atoms with Gasteiger partial charge in [-0.1, -0.05) is 0 Å². The van der Waals surface area contributed by atoms with Crippen LogP contribution in [0.2, 0.25) is 0 Å². The van der Waals surface area contributed by atoms with Crippen LogP contribution in [-0.2, 0) is 14.2 Å². The molecule has 3 aliphatic heterocycles. The van der Waals surface area contributed by atoms with Crippen LogP contribution in [0.15, 0.2) is 16.5 Å². The summed E-state index contributed by atoms with van der Waals surface area (Å²) in [5, 5.41) is 0. The highest BCUT2D eigenvalue weighted by molar-refractivity contribution is 5.91. The van der Waals surface area contributed by atoms with Gasteiger partial charge in [-0.05, 0) is 37.8 Å². The molecule has 3 aliphatic rings. The van der Waals surface area contributed by atoms with E-state index >= 15 is 0 Å². The van der Waals surface area contributed by atoms with Gasteiger partial charge in [0.2, 0.25) is 0 Å². The van der Waals surface area contributed by atoms with Crippen LogP contribution in [0.5, 0.6) is 0 Å². The molecule has 0 spiro atoms. The average Bonchev–Trinajstić information content (AvgIpc) is 3.29. The first kappa shape index (κ1) is 17.1. The molecular formula is C19H27NO5. The SMILES string of the molecule is Cc1ccc(C(=O)N2C[C@H]3COC[C@@]3(COCC3CCOCC3)C2)o1. The van der Waals surface area contributed by atoms with Gasteiger partial charge in [-0.3, -0.25) is 4.79 Å². The Morgan fingerprint density at radius 3 is 2.92 bits per heavy atom. The van der Waals surface area contributed by atoms with Crippen molar-refractivity contribution < 1.29 is 23.4 Å². The van der Waals surface area contributed by atoms with Crippen LogP contribution in [0, 0.1) is 24.2 Å². The van der Waals surface area contributed by atoms with Gasteiger partial charge in [-0.25, -0.2) is 0 Å². The summed E-state index contributed by atoms with van der Waals surface area (Å²) in [6.45, 7) is 7.77. The Bertz CT molecular complexity index is 609. The minimum atomic E-state index is -0.0670. The van der Waals surface area contributed by atoms with Crippen LogP contribution in [0.1, 0.15) is 29.2 Å². The molecule has 0 unspecified atom stereocenters. The van der Waals surface area contributed by atoms with Gasteiger partial charge in [0.25, 0.3) is 5.91 Å². The van der Waals surface area contributed by atoms with E-state index < -0.39 is 0 Å². The Labute approximate surface area is 148 Å². The lowest BCUT2D eigenvalue weighted by molar-refractivity contribution is -0.0151. The lowest BCUT2D eigenvalue weighted by Gasteiger charge is -2.28. The standard InChI is InChI=1S/C19H27NO5/c1-14-2-3-17(25-14)18(21)20-8-16-10-24-13-19(16,11-20)12-23-9-15-4-6-22-7-5-15/h2-3,15-16H,4-13H2,1H3/t16-,19-/m0/s1. The normalized spacial score (nSPS) is 30.0. The number of aryl methyl sites for hydroxylation is 1. The number of nitrogens with zero attached hydrogens (tertiary/aromatic N) is 1. The molecule has 138 valence electrons. The number of likely N-dealkylation sites (tertiary alicyclic amines) is 1. The Morgan fingerprint density at radius 1 is 1.32 bits per heavy atom. The molecule has 0 radical (unpaired) electrons. The summed E-state index contributed by atoms with van der Waals surface area (Å²) in [5.74, 6) is 2.11. The van der Waals surface area contributed by atoms with Crippen molar-refractivity contribution in [1.82, 2.24) is 4.90 Å². The number of carbonyl (C=O) groups is 1.